The summed E-state index contributed by atoms with van der Waals surface area (Å²) < 4.78 is 37.9. The third-order valence-electron chi connectivity index (χ3n) is 3.59. The van der Waals surface area contributed by atoms with Gasteiger partial charge in [-0.3, -0.25) is 9.59 Å². The van der Waals surface area contributed by atoms with E-state index in [1.165, 1.54) is 30.5 Å². The van der Waals surface area contributed by atoms with Crippen molar-refractivity contribution in [2.45, 2.75) is 26.1 Å². The molecule has 0 fully saturated rings. The molecular weight excluding hydrogens is 321 g/mol. The van der Waals surface area contributed by atoms with Crippen LogP contribution in [0.3, 0.4) is 0 Å². The highest BCUT2D eigenvalue weighted by Gasteiger charge is 2.30. The van der Waals surface area contributed by atoms with Crippen molar-refractivity contribution >= 4 is 5.91 Å². The van der Waals surface area contributed by atoms with E-state index in [1.54, 1.807) is 0 Å². The van der Waals surface area contributed by atoms with Crippen LogP contribution >= 0.6 is 0 Å². The third-order valence-corrected chi connectivity index (χ3v) is 3.59. The van der Waals surface area contributed by atoms with Gasteiger partial charge in [-0.25, -0.2) is 0 Å². The van der Waals surface area contributed by atoms with E-state index >= 15 is 0 Å². The molecule has 2 N–H and O–H groups in total. The van der Waals surface area contributed by atoms with Crippen LogP contribution in [0.5, 0.6) is 0 Å². The Balaban J connectivity index is 2.23. The number of carbonyl (C=O) groups excluding carboxylic acids is 1. The Bertz CT molecular complexity index is 764. The van der Waals surface area contributed by atoms with Crippen LogP contribution in [-0.2, 0) is 6.18 Å². The van der Waals surface area contributed by atoms with Gasteiger partial charge in [0.1, 0.15) is 0 Å². The highest BCUT2D eigenvalue weighted by Crippen LogP contribution is 2.31. The Kier molecular flexibility index (Phi) is 5.11. The van der Waals surface area contributed by atoms with Crippen molar-refractivity contribution in [2.24, 2.45) is 5.92 Å². The maximum atomic E-state index is 12.6. The summed E-state index contributed by atoms with van der Waals surface area (Å²) in [5.41, 5.74) is -0.388. The Morgan fingerprint density at radius 3 is 2.25 bits per heavy atom. The van der Waals surface area contributed by atoms with Crippen molar-refractivity contribution in [3.63, 3.8) is 0 Å². The zero-order valence-corrected chi connectivity index (χ0v) is 13.1. The number of halogens is 3. The molecule has 0 saturated carbocycles. The molecule has 1 aromatic heterocycles. The van der Waals surface area contributed by atoms with Gasteiger partial charge in [0, 0.05) is 17.8 Å². The molecule has 1 aromatic carbocycles. The number of H-pyrrole nitrogens is 1. The van der Waals surface area contributed by atoms with E-state index in [4.69, 9.17) is 0 Å². The average Bonchev–Trinajstić information content (AvgIpc) is 2.51. The van der Waals surface area contributed by atoms with Crippen LogP contribution in [0.2, 0.25) is 0 Å². The summed E-state index contributed by atoms with van der Waals surface area (Å²) in [6.45, 7) is 3.70. The molecule has 0 spiro atoms. The van der Waals surface area contributed by atoms with Crippen molar-refractivity contribution in [1.82, 2.24) is 10.3 Å². The molecule has 1 heterocycles. The molecule has 0 radical (unpaired) electrons. The van der Waals surface area contributed by atoms with Crippen molar-refractivity contribution in [1.29, 1.82) is 0 Å². The largest absolute Gasteiger partial charge is 0.416 e. The number of pyridine rings is 1. The first kappa shape index (κ1) is 17.8. The Morgan fingerprint density at radius 2 is 1.75 bits per heavy atom. The lowest BCUT2D eigenvalue weighted by molar-refractivity contribution is -0.137. The first-order valence-corrected chi connectivity index (χ1v) is 7.35. The van der Waals surface area contributed by atoms with Crippen molar-refractivity contribution in [3.05, 3.63) is 69.6 Å². The van der Waals surface area contributed by atoms with Crippen LogP contribution in [0.15, 0.2) is 47.4 Å². The topological polar surface area (TPSA) is 62.0 Å². The molecule has 1 atom stereocenters. The maximum Gasteiger partial charge on any atom is 0.416 e. The second kappa shape index (κ2) is 6.90. The summed E-state index contributed by atoms with van der Waals surface area (Å²) in [4.78, 5) is 26.0. The number of carbonyl (C=O) groups is 1. The van der Waals surface area contributed by atoms with Crippen LogP contribution in [0.25, 0.3) is 0 Å². The van der Waals surface area contributed by atoms with Gasteiger partial charge >= 0.3 is 6.18 Å². The number of nitrogens with one attached hydrogen (secondary N) is 2. The van der Waals surface area contributed by atoms with E-state index in [9.17, 15) is 22.8 Å². The number of rotatable bonds is 4. The van der Waals surface area contributed by atoms with Gasteiger partial charge < -0.3 is 10.3 Å². The van der Waals surface area contributed by atoms with Gasteiger partial charge in [0.05, 0.1) is 11.6 Å². The van der Waals surface area contributed by atoms with E-state index < -0.39 is 29.2 Å². The predicted octanol–water partition coefficient (Wildman–Crippen LogP) is 3.52. The number of aromatic amines is 1. The summed E-state index contributed by atoms with van der Waals surface area (Å²) in [7, 11) is 0. The SMILES string of the molecule is CC(C)[C@@H](NC(=O)c1cc[nH]c(=O)c1)c1ccc(C(F)(F)F)cc1. The van der Waals surface area contributed by atoms with E-state index in [-0.39, 0.29) is 11.5 Å². The molecule has 0 bridgehead atoms. The molecule has 2 rings (SSSR count). The molecule has 4 nitrogen and oxygen atoms in total. The van der Waals surface area contributed by atoms with E-state index in [2.05, 4.69) is 10.3 Å². The molecule has 7 heteroatoms. The molecule has 0 saturated heterocycles. The highest BCUT2D eigenvalue weighted by molar-refractivity contribution is 5.94. The second-order valence-corrected chi connectivity index (χ2v) is 5.76. The zero-order valence-electron chi connectivity index (χ0n) is 13.1. The lowest BCUT2D eigenvalue weighted by Crippen LogP contribution is -2.32. The number of benzene rings is 1. The maximum absolute atomic E-state index is 12.6. The standard InChI is InChI=1S/C17H17F3N2O2/c1-10(2)15(11-3-5-13(6-4-11)17(18,19)20)22-16(24)12-7-8-21-14(23)9-12/h3-10,15H,1-2H3,(H,21,23)(H,22,24)/t15-/m1/s1. The lowest BCUT2D eigenvalue weighted by atomic mass is 9.94. The van der Waals surface area contributed by atoms with Gasteiger partial charge in [-0.15, -0.1) is 0 Å². The zero-order chi connectivity index (χ0) is 17.9. The second-order valence-electron chi connectivity index (χ2n) is 5.76. The fraction of sp³-hybridized carbons (Fsp3) is 0.294. The highest BCUT2D eigenvalue weighted by atomic mass is 19.4. The van der Waals surface area contributed by atoms with E-state index in [0.29, 0.717) is 5.56 Å². The average molecular weight is 338 g/mol. The first-order valence-electron chi connectivity index (χ1n) is 7.35. The van der Waals surface area contributed by atoms with Crippen LogP contribution in [-0.4, -0.2) is 10.9 Å². The summed E-state index contributed by atoms with van der Waals surface area (Å²) in [5.74, 6) is -0.507. The fourth-order valence-corrected chi connectivity index (χ4v) is 2.32. The summed E-state index contributed by atoms with van der Waals surface area (Å²) in [6, 6.07) is 6.84. The minimum absolute atomic E-state index is 0.0484. The van der Waals surface area contributed by atoms with Crippen molar-refractivity contribution in [3.8, 4) is 0 Å². The molecular formula is C17H17F3N2O2. The van der Waals surface area contributed by atoms with Gasteiger partial charge in [0.15, 0.2) is 0 Å². The Labute approximate surface area is 136 Å². The number of amides is 1. The van der Waals surface area contributed by atoms with Crippen LogP contribution in [0.1, 0.15) is 41.4 Å². The minimum Gasteiger partial charge on any atom is -0.345 e. The first-order chi connectivity index (χ1) is 11.2. The lowest BCUT2D eigenvalue weighted by Gasteiger charge is -2.23. The summed E-state index contributed by atoms with van der Waals surface area (Å²) in [5, 5.41) is 2.76. The molecule has 128 valence electrons. The Morgan fingerprint density at radius 1 is 1.12 bits per heavy atom. The van der Waals surface area contributed by atoms with Crippen LogP contribution in [0.4, 0.5) is 13.2 Å². The van der Waals surface area contributed by atoms with Crippen LogP contribution in [0, 0.1) is 5.92 Å². The van der Waals surface area contributed by atoms with Gasteiger partial charge in [0.25, 0.3) is 5.91 Å². The minimum atomic E-state index is -4.40. The van der Waals surface area contributed by atoms with Gasteiger partial charge in [0.2, 0.25) is 5.56 Å². The monoisotopic (exact) mass is 338 g/mol. The summed E-state index contributed by atoms with van der Waals surface area (Å²) in [6.07, 6.45) is -3.04. The molecule has 0 unspecified atom stereocenters. The number of aromatic nitrogens is 1. The Hall–Kier alpha value is -2.57. The van der Waals surface area contributed by atoms with Gasteiger partial charge in [-0.2, -0.15) is 13.2 Å². The quantitative estimate of drug-likeness (QED) is 0.896. The van der Waals surface area contributed by atoms with Crippen LogP contribution < -0.4 is 10.9 Å². The summed E-state index contributed by atoms with van der Waals surface area (Å²) >= 11 is 0. The van der Waals surface area contributed by atoms with Gasteiger partial charge in [-0.05, 0) is 29.7 Å². The smallest absolute Gasteiger partial charge is 0.345 e. The van der Waals surface area contributed by atoms with E-state index in [0.717, 1.165) is 12.1 Å². The fourth-order valence-electron chi connectivity index (χ4n) is 2.32. The molecule has 24 heavy (non-hydrogen) atoms. The van der Waals surface area contributed by atoms with Crippen molar-refractivity contribution in [2.75, 3.05) is 0 Å². The number of hydrogen-bond acceptors (Lipinski definition) is 2. The number of alkyl halides is 3. The number of hydrogen-bond donors (Lipinski definition) is 2. The third kappa shape index (κ3) is 4.24. The molecule has 0 aliphatic rings. The predicted molar refractivity (Wildman–Crippen MR) is 83.6 cm³/mol. The molecule has 0 aliphatic carbocycles. The van der Waals surface area contributed by atoms with Gasteiger partial charge in [-0.1, -0.05) is 26.0 Å². The molecule has 0 aliphatic heterocycles. The normalized spacial score (nSPS) is 12.9. The van der Waals surface area contributed by atoms with E-state index in [1.807, 2.05) is 13.8 Å². The molecule has 1 amide bonds. The van der Waals surface area contributed by atoms with Crippen molar-refractivity contribution < 1.29 is 18.0 Å². The molecule has 2 aromatic rings.